The molecule has 1 rings (SSSR count). The Labute approximate surface area is 97.3 Å². The van der Waals surface area contributed by atoms with E-state index >= 15 is 0 Å². The minimum atomic E-state index is -0.748. The van der Waals surface area contributed by atoms with Crippen LogP contribution in [0.2, 0.25) is 0 Å². The first-order chi connectivity index (χ1) is 7.24. The molecule has 0 saturated carbocycles. The van der Waals surface area contributed by atoms with E-state index in [0.717, 1.165) is 5.56 Å². The van der Waals surface area contributed by atoms with Gasteiger partial charge in [0.2, 0.25) is 0 Å². The topological polar surface area (TPSA) is 37.3 Å². The molecule has 0 aliphatic carbocycles. The molecular formula is C14H20O2. The number of carboxylic acid groups (broad SMARTS) is 1. The Morgan fingerprint density at radius 2 is 1.62 bits per heavy atom. The zero-order valence-corrected chi connectivity index (χ0v) is 10.7. The zero-order chi connectivity index (χ0) is 12.5. The minimum absolute atomic E-state index is 0.163. The van der Waals surface area contributed by atoms with Crippen molar-refractivity contribution < 1.29 is 9.90 Å². The summed E-state index contributed by atoms with van der Waals surface area (Å²) in [6, 6.07) is 4.25. The molecule has 0 bridgehead atoms. The standard InChI is InChI=1S/C14H20O2/c1-9-6-11(3)12(7-10(9)2)14(4,5)8-13(15)16/h6-7H,8H2,1-5H3,(H,15,16). The molecule has 0 aliphatic rings. The van der Waals surface area contributed by atoms with Crippen molar-refractivity contribution in [3.63, 3.8) is 0 Å². The third kappa shape index (κ3) is 2.63. The van der Waals surface area contributed by atoms with Gasteiger partial charge in [-0.1, -0.05) is 26.0 Å². The second-order valence-electron chi connectivity index (χ2n) is 5.21. The normalized spacial score (nSPS) is 11.6. The van der Waals surface area contributed by atoms with Gasteiger partial charge in [0, 0.05) is 5.41 Å². The SMILES string of the molecule is Cc1cc(C)c(C(C)(C)CC(=O)O)cc1C. The molecule has 0 saturated heterocycles. The number of aliphatic carboxylic acids is 1. The average molecular weight is 220 g/mol. The van der Waals surface area contributed by atoms with Crippen molar-refractivity contribution in [2.45, 2.75) is 46.5 Å². The lowest BCUT2D eigenvalue weighted by Gasteiger charge is -2.26. The van der Waals surface area contributed by atoms with Gasteiger partial charge in [0.15, 0.2) is 0 Å². The number of carbonyl (C=O) groups is 1. The van der Waals surface area contributed by atoms with Crippen LogP contribution in [0.15, 0.2) is 12.1 Å². The summed E-state index contributed by atoms with van der Waals surface area (Å²) < 4.78 is 0. The maximum atomic E-state index is 10.9. The van der Waals surface area contributed by atoms with E-state index in [9.17, 15) is 4.79 Å². The van der Waals surface area contributed by atoms with E-state index in [4.69, 9.17) is 5.11 Å². The van der Waals surface area contributed by atoms with Crippen LogP contribution in [0.4, 0.5) is 0 Å². The summed E-state index contributed by atoms with van der Waals surface area (Å²) in [7, 11) is 0. The third-order valence-electron chi connectivity index (χ3n) is 3.16. The van der Waals surface area contributed by atoms with Gasteiger partial charge in [-0.05, 0) is 43.0 Å². The Bertz CT molecular complexity index is 417. The van der Waals surface area contributed by atoms with Crippen LogP contribution in [0.1, 0.15) is 42.5 Å². The van der Waals surface area contributed by atoms with Gasteiger partial charge in [-0.25, -0.2) is 0 Å². The summed E-state index contributed by atoms with van der Waals surface area (Å²) in [4.78, 5) is 10.9. The van der Waals surface area contributed by atoms with Crippen LogP contribution >= 0.6 is 0 Å². The van der Waals surface area contributed by atoms with E-state index in [1.54, 1.807) is 0 Å². The van der Waals surface area contributed by atoms with E-state index < -0.39 is 5.97 Å². The lowest BCUT2D eigenvalue weighted by molar-refractivity contribution is -0.138. The molecule has 0 aliphatic heterocycles. The van der Waals surface area contributed by atoms with E-state index in [-0.39, 0.29) is 11.8 Å². The van der Waals surface area contributed by atoms with Crippen molar-refractivity contribution in [3.8, 4) is 0 Å². The summed E-state index contributed by atoms with van der Waals surface area (Å²) in [5.74, 6) is -0.748. The Hall–Kier alpha value is -1.31. The summed E-state index contributed by atoms with van der Waals surface area (Å²) in [6.45, 7) is 10.2. The smallest absolute Gasteiger partial charge is 0.304 e. The Morgan fingerprint density at radius 1 is 1.12 bits per heavy atom. The second kappa shape index (κ2) is 4.28. The molecule has 0 fully saturated rings. The molecule has 1 N–H and O–H groups in total. The highest BCUT2D eigenvalue weighted by molar-refractivity contribution is 5.69. The fraction of sp³-hybridized carbons (Fsp3) is 0.500. The number of aryl methyl sites for hydroxylation is 3. The molecule has 1 aromatic carbocycles. The predicted octanol–water partition coefficient (Wildman–Crippen LogP) is 3.36. The molecule has 0 atom stereocenters. The van der Waals surface area contributed by atoms with E-state index in [2.05, 4.69) is 26.0 Å². The molecule has 1 aromatic rings. The number of hydrogen-bond acceptors (Lipinski definition) is 1. The molecule has 0 spiro atoms. The molecule has 0 unspecified atom stereocenters. The van der Waals surface area contributed by atoms with E-state index in [1.165, 1.54) is 16.7 Å². The molecule has 16 heavy (non-hydrogen) atoms. The molecule has 2 nitrogen and oxygen atoms in total. The first kappa shape index (κ1) is 12.8. The van der Waals surface area contributed by atoms with Crippen LogP contribution in [-0.2, 0) is 10.2 Å². The molecular weight excluding hydrogens is 200 g/mol. The van der Waals surface area contributed by atoms with Crippen molar-refractivity contribution in [2.24, 2.45) is 0 Å². The van der Waals surface area contributed by atoms with Gasteiger partial charge in [0.25, 0.3) is 0 Å². The monoisotopic (exact) mass is 220 g/mol. The van der Waals surface area contributed by atoms with E-state index in [0.29, 0.717) is 0 Å². The Balaban J connectivity index is 3.22. The highest BCUT2D eigenvalue weighted by Crippen LogP contribution is 2.31. The van der Waals surface area contributed by atoms with Gasteiger partial charge in [0.1, 0.15) is 0 Å². The zero-order valence-electron chi connectivity index (χ0n) is 10.7. The van der Waals surface area contributed by atoms with Gasteiger partial charge in [-0.2, -0.15) is 0 Å². The van der Waals surface area contributed by atoms with Crippen molar-refractivity contribution in [1.29, 1.82) is 0 Å². The van der Waals surface area contributed by atoms with Crippen molar-refractivity contribution in [1.82, 2.24) is 0 Å². The first-order valence-corrected chi connectivity index (χ1v) is 5.54. The molecule has 2 heteroatoms. The number of rotatable bonds is 3. The van der Waals surface area contributed by atoms with Crippen LogP contribution in [0.3, 0.4) is 0 Å². The molecule has 0 aromatic heterocycles. The predicted molar refractivity (Wildman–Crippen MR) is 65.9 cm³/mol. The number of hydrogen-bond donors (Lipinski definition) is 1. The van der Waals surface area contributed by atoms with Crippen LogP contribution in [-0.4, -0.2) is 11.1 Å². The first-order valence-electron chi connectivity index (χ1n) is 5.54. The summed E-state index contributed by atoms with van der Waals surface area (Å²) in [6.07, 6.45) is 0.163. The maximum Gasteiger partial charge on any atom is 0.304 e. The third-order valence-corrected chi connectivity index (χ3v) is 3.16. The highest BCUT2D eigenvalue weighted by Gasteiger charge is 2.26. The summed E-state index contributed by atoms with van der Waals surface area (Å²) in [5.41, 5.74) is 4.48. The van der Waals surface area contributed by atoms with Gasteiger partial charge in [-0.3, -0.25) is 4.79 Å². The maximum absolute atomic E-state index is 10.9. The fourth-order valence-electron chi connectivity index (χ4n) is 2.16. The second-order valence-corrected chi connectivity index (χ2v) is 5.21. The lowest BCUT2D eigenvalue weighted by Crippen LogP contribution is -2.23. The average Bonchev–Trinajstić information content (AvgIpc) is 2.08. The van der Waals surface area contributed by atoms with Gasteiger partial charge < -0.3 is 5.11 Å². The fourth-order valence-corrected chi connectivity index (χ4v) is 2.16. The van der Waals surface area contributed by atoms with E-state index in [1.807, 2.05) is 20.8 Å². The van der Waals surface area contributed by atoms with Crippen molar-refractivity contribution in [2.75, 3.05) is 0 Å². The minimum Gasteiger partial charge on any atom is -0.481 e. The van der Waals surface area contributed by atoms with Crippen LogP contribution in [0.5, 0.6) is 0 Å². The van der Waals surface area contributed by atoms with Crippen LogP contribution in [0, 0.1) is 20.8 Å². The van der Waals surface area contributed by atoms with Gasteiger partial charge in [-0.15, -0.1) is 0 Å². The Morgan fingerprint density at radius 3 is 2.12 bits per heavy atom. The summed E-state index contributed by atoms with van der Waals surface area (Å²) >= 11 is 0. The quantitative estimate of drug-likeness (QED) is 0.848. The molecule has 88 valence electrons. The van der Waals surface area contributed by atoms with Crippen molar-refractivity contribution >= 4 is 5.97 Å². The highest BCUT2D eigenvalue weighted by atomic mass is 16.4. The van der Waals surface area contributed by atoms with Gasteiger partial charge in [0.05, 0.1) is 6.42 Å². The van der Waals surface area contributed by atoms with Crippen molar-refractivity contribution in [3.05, 3.63) is 34.4 Å². The molecule has 0 radical (unpaired) electrons. The molecule has 0 amide bonds. The number of benzene rings is 1. The largest absolute Gasteiger partial charge is 0.481 e. The van der Waals surface area contributed by atoms with Crippen LogP contribution < -0.4 is 0 Å². The Kier molecular flexibility index (Phi) is 3.41. The van der Waals surface area contributed by atoms with Gasteiger partial charge >= 0.3 is 5.97 Å². The lowest BCUT2D eigenvalue weighted by atomic mass is 9.78. The van der Waals surface area contributed by atoms with Crippen LogP contribution in [0.25, 0.3) is 0 Å². The summed E-state index contributed by atoms with van der Waals surface area (Å²) in [5, 5.41) is 8.93. The number of carboxylic acids is 1. The molecule has 0 heterocycles.